The van der Waals surface area contributed by atoms with E-state index in [2.05, 4.69) is 30.8 Å². The van der Waals surface area contributed by atoms with Crippen molar-refractivity contribution in [1.82, 2.24) is 40.2 Å². The Morgan fingerprint density at radius 1 is 1.03 bits per heavy atom. The molecule has 0 spiro atoms. The second-order valence-electron chi connectivity index (χ2n) is 7.37. The Balaban J connectivity index is 1.78. The number of aryl methyl sites for hydroxylation is 2. The van der Waals surface area contributed by atoms with Gasteiger partial charge in [-0.1, -0.05) is 58.7 Å². The Bertz CT molecular complexity index is 1560. The third-order valence-corrected chi connectivity index (χ3v) is 7.14. The molecule has 0 amide bonds. The first kappa shape index (κ1) is 22.9. The summed E-state index contributed by atoms with van der Waals surface area (Å²) in [4.78, 5) is 13.0. The van der Waals surface area contributed by atoms with Crippen LogP contribution in [-0.4, -0.2) is 40.2 Å². The molecule has 5 rings (SSSR count). The van der Waals surface area contributed by atoms with Gasteiger partial charge in [0.05, 0.1) is 32.7 Å². The van der Waals surface area contributed by atoms with Crippen LogP contribution in [0.3, 0.4) is 0 Å². The highest BCUT2D eigenvalue weighted by molar-refractivity contribution is 7.99. The van der Waals surface area contributed by atoms with Crippen LogP contribution < -0.4 is 5.56 Å². The standard InChI is InChI=1S/C21H15Cl3N8OS/c1-10-16-17(19(34-21-25-29-30-26-21)11-3-5-12(22)6-4-11)27-31(2)20(33)18(16)28-32(10)15-8-7-13(23)9-14(15)24/h3-9,19H,1-2H3,(H,25,26,29,30). The molecule has 0 aliphatic carbocycles. The minimum absolute atomic E-state index is 0.267. The molecular formula is C21H15Cl3N8OS. The summed E-state index contributed by atoms with van der Waals surface area (Å²) < 4.78 is 2.91. The van der Waals surface area contributed by atoms with Gasteiger partial charge in [-0.15, -0.1) is 10.2 Å². The van der Waals surface area contributed by atoms with Crippen molar-refractivity contribution >= 4 is 57.5 Å². The normalized spacial score (nSPS) is 12.4. The zero-order chi connectivity index (χ0) is 24.0. The van der Waals surface area contributed by atoms with E-state index in [1.165, 1.54) is 16.4 Å². The SMILES string of the molecule is Cc1c2c(C(Sc3nn[nH]n3)c3ccc(Cl)cc3)nn(C)c(=O)c2nn1-c1ccc(Cl)cc1Cl. The molecule has 0 aliphatic rings. The van der Waals surface area contributed by atoms with Crippen molar-refractivity contribution in [3.8, 4) is 5.69 Å². The molecule has 5 aromatic rings. The van der Waals surface area contributed by atoms with Crippen molar-refractivity contribution in [2.75, 3.05) is 0 Å². The van der Waals surface area contributed by atoms with Gasteiger partial charge < -0.3 is 0 Å². The number of hydrogen-bond acceptors (Lipinski definition) is 7. The lowest BCUT2D eigenvalue weighted by Crippen LogP contribution is -2.22. The quantitative estimate of drug-likeness (QED) is 0.324. The van der Waals surface area contributed by atoms with Gasteiger partial charge in [0.2, 0.25) is 5.16 Å². The highest BCUT2D eigenvalue weighted by atomic mass is 35.5. The van der Waals surface area contributed by atoms with E-state index < -0.39 is 0 Å². The summed E-state index contributed by atoms with van der Waals surface area (Å²) in [7, 11) is 1.59. The van der Waals surface area contributed by atoms with Gasteiger partial charge in [0, 0.05) is 17.1 Å². The lowest BCUT2D eigenvalue weighted by atomic mass is 10.1. The van der Waals surface area contributed by atoms with Gasteiger partial charge in [-0.2, -0.15) is 15.4 Å². The fourth-order valence-corrected chi connectivity index (χ4v) is 5.24. The summed E-state index contributed by atoms with van der Waals surface area (Å²) >= 11 is 20.0. The molecule has 0 bridgehead atoms. The molecule has 1 N–H and O–H groups in total. The molecule has 13 heteroatoms. The molecule has 0 saturated carbocycles. The van der Waals surface area contributed by atoms with Crippen LogP contribution in [0, 0.1) is 6.92 Å². The summed E-state index contributed by atoms with van der Waals surface area (Å²) in [6, 6.07) is 12.5. The first-order valence-electron chi connectivity index (χ1n) is 9.91. The summed E-state index contributed by atoms with van der Waals surface area (Å²) in [5.74, 6) is 0. The number of halogens is 3. The van der Waals surface area contributed by atoms with Crippen LogP contribution in [0.2, 0.25) is 15.1 Å². The number of nitrogens with zero attached hydrogens (tertiary/aromatic N) is 7. The van der Waals surface area contributed by atoms with Crippen LogP contribution in [-0.2, 0) is 7.05 Å². The third-order valence-electron chi connectivity index (χ3n) is 5.23. The van der Waals surface area contributed by atoms with E-state index in [-0.39, 0.29) is 16.3 Å². The smallest absolute Gasteiger partial charge is 0.265 e. The van der Waals surface area contributed by atoms with Crippen molar-refractivity contribution in [2.45, 2.75) is 17.3 Å². The van der Waals surface area contributed by atoms with E-state index in [4.69, 9.17) is 34.8 Å². The first-order valence-corrected chi connectivity index (χ1v) is 11.9. The van der Waals surface area contributed by atoms with E-state index in [0.29, 0.717) is 42.7 Å². The number of aromatic nitrogens is 8. The summed E-state index contributed by atoms with van der Waals surface area (Å²) in [6.07, 6.45) is 0. The summed E-state index contributed by atoms with van der Waals surface area (Å²) in [5.41, 5.74) is 2.74. The topological polar surface area (TPSA) is 107 Å². The molecule has 1 unspecified atom stereocenters. The van der Waals surface area contributed by atoms with Gasteiger partial charge in [-0.05, 0) is 48.0 Å². The Morgan fingerprint density at radius 3 is 2.44 bits per heavy atom. The largest absolute Gasteiger partial charge is 0.294 e. The van der Waals surface area contributed by atoms with E-state index in [1.54, 1.807) is 42.1 Å². The average molecular weight is 534 g/mol. The maximum atomic E-state index is 13.0. The minimum Gasteiger partial charge on any atom is -0.265 e. The first-order chi connectivity index (χ1) is 16.3. The van der Waals surface area contributed by atoms with Crippen molar-refractivity contribution < 1.29 is 0 Å². The van der Waals surface area contributed by atoms with Crippen molar-refractivity contribution in [1.29, 1.82) is 0 Å². The highest BCUT2D eigenvalue weighted by Crippen LogP contribution is 2.41. The Morgan fingerprint density at radius 2 is 1.76 bits per heavy atom. The van der Waals surface area contributed by atoms with Crippen molar-refractivity contribution in [2.24, 2.45) is 7.05 Å². The molecule has 1 atom stereocenters. The van der Waals surface area contributed by atoms with E-state index >= 15 is 0 Å². The predicted molar refractivity (Wildman–Crippen MR) is 132 cm³/mol. The van der Waals surface area contributed by atoms with E-state index in [9.17, 15) is 4.79 Å². The van der Waals surface area contributed by atoms with Gasteiger partial charge in [-0.25, -0.2) is 9.36 Å². The van der Waals surface area contributed by atoms with Crippen LogP contribution in [0.4, 0.5) is 0 Å². The van der Waals surface area contributed by atoms with Gasteiger partial charge >= 0.3 is 0 Å². The molecule has 3 aromatic heterocycles. The number of benzene rings is 2. The molecule has 34 heavy (non-hydrogen) atoms. The lowest BCUT2D eigenvalue weighted by molar-refractivity contribution is 0.692. The molecule has 9 nitrogen and oxygen atoms in total. The highest BCUT2D eigenvalue weighted by Gasteiger charge is 2.27. The molecular weight excluding hydrogens is 519 g/mol. The Hall–Kier alpha value is -2.92. The van der Waals surface area contributed by atoms with Crippen molar-refractivity contribution in [3.63, 3.8) is 0 Å². The lowest BCUT2D eigenvalue weighted by Gasteiger charge is -2.17. The number of nitrogens with one attached hydrogen (secondary N) is 1. The fourth-order valence-electron chi connectivity index (χ4n) is 3.67. The Kier molecular flexibility index (Phi) is 6.07. The molecule has 172 valence electrons. The minimum atomic E-state index is -0.388. The zero-order valence-electron chi connectivity index (χ0n) is 17.7. The van der Waals surface area contributed by atoms with Crippen LogP contribution in [0.25, 0.3) is 16.6 Å². The van der Waals surface area contributed by atoms with Crippen LogP contribution in [0.1, 0.15) is 22.2 Å². The number of tetrazole rings is 1. The molecule has 0 radical (unpaired) electrons. The van der Waals surface area contributed by atoms with E-state index in [1.807, 2.05) is 19.1 Å². The van der Waals surface area contributed by atoms with Crippen molar-refractivity contribution in [3.05, 3.63) is 84.8 Å². The van der Waals surface area contributed by atoms with Gasteiger partial charge in [0.1, 0.15) is 0 Å². The number of fused-ring (bicyclic) bond motifs is 1. The summed E-state index contributed by atoms with van der Waals surface area (Å²) in [6.45, 7) is 1.86. The molecule has 0 aliphatic heterocycles. The van der Waals surface area contributed by atoms with Crippen LogP contribution in [0.5, 0.6) is 0 Å². The second-order valence-corrected chi connectivity index (χ2v) is 9.73. The number of hydrogen-bond donors (Lipinski definition) is 1. The van der Waals surface area contributed by atoms with E-state index in [0.717, 1.165) is 5.56 Å². The fraction of sp³-hybridized carbons (Fsp3) is 0.143. The third kappa shape index (κ3) is 4.07. The molecule has 0 fully saturated rings. The van der Waals surface area contributed by atoms with Crippen LogP contribution in [0.15, 0.2) is 52.4 Å². The zero-order valence-corrected chi connectivity index (χ0v) is 20.8. The van der Waals surface area contributed by atoms with Gasteiger partial charge in [-0.3, -0.25) is 4.79 Å². The predicted octanol–water partition coefficient (Wildman–Crippen LogP) is 4.78. The number of aromatic amines is 1. The second kappa shape index (κ2) is 9.03. The number of H-pyrrole nitrogens is 1. The monoisotopic (exact) mass is 532 g/mol. The molecule has 2 aromatic carbocycles. The van der Waals surface area contributed by atoms with Gasteiger partial charge in [0.15, 0.2) is 5.52 Å². The number of rotatable bonds is 5. The summed E-state index contributed by atoms with van der Waals surface area (Å²) in [5, 5.41) is 25.7. The molecule has 3 heterocycles. The maximum Gasteiger partial charge on any atom is 0.294 e. The number of thioether (sulfide) groups is 1. The Labute approximate surface area is 212 Å². The maximum absolute atomic E-state index is 13.0. The van der Waals surface area contributed by atoms with Crippen LogP contribution >= 0.6 is 46.6 Å². The average Bonchev–Trinajstić information content (AvgIpc) is 3.44. The molecule has 0 saturated heterocycles. The van der Waals surface area contributed by atoms with Gasteiger partial charge in [0.25, 0.3) is 5.56 Å².